The lowest BCUT2D eigenvalue weighted by molar-refractivity contribution is 0.254. The molecule has 2 aromatic rings. The molecule has 2 saturated carbocycles. The molecule has 0 radical (unpaired) electrons. The van der Waals surface area contributed by atoms with Crippen LogP contribution < -0.4 is 0 Å². The highest BCUT2D eigenvalue weighted by molar-refractivity contribution is 5.47. The standard InChI is InChI=1S/C24H29FO/c1-16-14-19(9-11-22(16)25)24(20-10-12-23(26)17(2)15-20)13-5-8-21(24)18-6-3-4-7-18/h9-12,14-15,18,21,26H,3-8,13H2,1-2H3. The maximum absolute atomic E-state index is 14.0. The Morgan fingerprint density at radius 2 is 1.54 bits per heavy atom. The first kappa shape index (κ1) is 17.6. The number of aryl methyl sites for hydroxylation is 2. The minimum Gasteiger partial charge on any atom is -0.508 e. The summed E-state index contributed by atoms with van der Waals surface area (Å²) in [5.74, 6) is 1.60. The van der Waals surface area contributed by atoms with Crippen molar-refractivity contribution >= 4 is 0 Å². The first-order chi connectivity index (χ1) is 12.5. The molecule has 2 heteroatoms. The first-order valence-corrected chi connectivity index (χ1v) is 10.1. The van der Waals surface area contributed by atoms with Crippen molar-refractivity contribution in [1.29, 1.82) is 0 Å². The smallest absolute Gasteiger partial charge is 0.126 e. The molecule has 138 valence electrons. The monoisotopic (exact) mass is 352 g/mol. The third-order valence-corrected chi connectivity index (χ3v) is 7.07. The van der Waals surface area contributed by atoms with Crippen molar-refractivity contribution in [1.82, 2.24) is 0 Å². The Hall–Kier alpha value is -1.83. The minimum absolute atomic E-state index is 0.0497. The van der Waals surface area contributed by atoms with Crippen LogP contribution in [0.1, 0.15) is 67.2 Å². The molecule has 0 aliphatic heterocycles. The molecule has 0 saturated heterocycles. The van der Waals surface area contributed by atoms with Crippen LogP contribution in [-0.2, 0) is 5.41 Å². The van der Waals surface area contributed by atoms with Gasteiger partial charge in [-0.15, -0.1) is 0 Å². The van der Waals surface area contributed by atoms with Crippen LogP contribution in [0.5, 0.6) is 5.75 Å². The van der Waals surface area contributed by atoms with E-state index in [-0.39, 0.29) is 11.2 Å². The SMILES string of the molecule is Cc1cc(C2(c3ccc(F)c(C)c3)CCCC2C2CCCC2)ccc1O. The van der Waals surface area contributed by atoms with Gasteiger partial charge < -0.3 is 5.11 Å². The number of aromatic hydroxyl groups is 1. The maximum Gasteiger partial charge on any atom is 0.126 e. The Kier molecular flexibility index (Phi) is 4.54. The summed E-state index contributed by atoms with van der Waals surface area (Å²) in [6, 6.07) is 11.8. The lowest BCUT2D eigenvalue weighted by Crippen LogP contribution is -2.36. The van der Waals surface area contributed by atoms with Gasteiger partial charge in [-0.3, -0.25) is 0 Å². The second-order valence-corrected chi connectivity index (χ2v) is 8.48. The third-order valence-electron chi connectivity index (χ3n) is 7.07. The molecule has 26 heavy (non-hydrogen) atoms. The molecule has 1 nitrogen and oxygen atoms in total. The van der Waals surface area contributed by atoms with Crippen LogP contribution in [0.3, 0.4) is 0 Å². The Labute approximate surface area is 156 Å². The summed E-state index contributed by atoms with van der Waals surface area (Å²) >= 11 is 0. The number of halogens is 1. The van der Waals surface area contributed by atoms with E-state index >= 15 is 0 Å². The number of phenols is 1. The molecule has 0 heterocycles. The molecule has 2 atom stereocenters. The molecule has 2 aliphatic rings. The van der Waals surface area contributed by atoms with Gasteiger partial charge in [-0.2, -0.15) is 0 Å². The Morgan fingerprint density at radius 1 is 0.885 bits per heavy atom. The normalized spacial score (nSPS) is 26.5. The van der Waals surface area contributed by atoms with Gasteiger partial charge in [0.25, 0.3) is 0 Å². The van der Waals surface area contributed by atoms with Gasteiger partial charge in [0, 0.05) is 5.41 Å². The zero-order valence-corrected chi connectivity index (χ0v) is 15.9. The molecule has 1 N–H and O–H groups in total. The zero-order chi connectivity index (χ0) is 18.3. The highest BCUT2D eigenvalue weighted by Crippen LogP contribution is 2.56. The fourth-order valence-electron chi connectivity index (χ4n) is 5.77. The van der Waals surface area contributed by atoms with Crippen molar-refractivity contribution < 1.29 is 9.50 Å². The van der Waals surface area contributed by atoms with E-state index in [0.717, 1.165) is 23.5 Å². The van der Waals surface area contributed by atoms with E-state index in [2.05, 4.69) is 18.2 Å². The second-order valence-electron chi connectivity index (χ2n) is 8.48. The number of hydrogen-bond acceptors (Lipinski definition) is 1. The van der Waals surface area contributed by atoms with E-state index < -0.39 is 0 Å². The molecule has 0 amide bonds. The van der Waals surface area contributed by atoms with E-state index in [0.29, 0.717) is 11.7 Å². The minimum atomic E-state index is -0.124. The zero-order valence-electron chi connectivity index (χ0n) is 15.9. The van der Waals surface area contributed by atoms with Crippen LogP contribution in [0.4, 0.5) is 4.39 Å². The molecule has 0 bridgehead atoms. The Balaban J connectivity index is 1.90. The third kappa shape index (κ3) is 2.74. The quantitative estimate of drug-likeness (QED) is 0.675. The van der Waals surface area contributed by atoms with Crippen LogP contribution in [-0.4, -0.2) is 5.11 Å². The van der Waals surface area contributed by atoms with E-state index in [1.54, 1.807) is 6.07 Å². The summed E-state index contributed by atoms with van der Waals surface area (Å²) in [6.45, 7) is 3.84. The Morgan fingerprint density at radius 3 is 2.19 bits per heavy atom. The van der Waals surface area contributed by atoms with Gasteiger partial charge in [0.1, 0.15) is 11.6 Å². The predicted molar refractivity (Wildman–Crippen MR) is 104 cm³/mol. The van der Waals surface area contributed by atoms with E-state index in [1.807, 2.05) is 26.0 Å². The average Bonchev–Trinajstić information content (AvgIpc) is 3.29. The van der Waals surface area contributed by atoms with Crippen LogP contribution >= 0.6 is 0 Å². The van der Waals surface area contributed by atoms with Crippen LogP contribution in [0.15, 0.2) is 36.4 Å². The number of phenolic OH excluding ortho intramolecular Hbond substituents is 1. The fourth-order valence-corrected chi connectivity index (χ4v) is 5.77. The van der Waals surface area contributed by atoms with Crippen molar-refractivity contribution in [3.05, 3.63) is 64.5 Å². The molecular weight excluding hydrogens is 323 g/mol. The largest absolute Gasteiger partial charge is 0.508 e. The fraction of sp³-hybridized carbons (Fsp3) is 0.500. The lowest BCUT2D eigenvalue weighted by Gasteiger charge is -2.40. The molecule has 0 spiro atoms. The van der Waals surface area contributed by atoms with Gasteiger partial charge in [0.05, 0.1) is 0 Å². The van der Waals surface area contributed by atoms with Crippen molar-refractivity contribution in [2.75, 3.05) is 0 Å². The Bertz CT molecular complexity index is 752. The molecule has 2 aliphatic carbocycles. The molecule has 2 unspecified atom stereocenters. The average molecular weight is 352 g/mol. The van der Waals surface area contributed by atoms with Crippen LogP contribution in [0.25, 0.3) is 0 Å². The maximum atomic E-state index is 14.0. The highest BCUT2D eigenvalue weighted by atomic mass is 19.1. The summed E-state index contributed by atoms with van der Waals surface area (Å²) in [4.78, 5) is 0. The number of benzene rings is 2. The number of rotatable bonds is 3. The summed E-state index contributed by atoms with van der Waals surface area (Å²) in [6.07, 6.45) is 8.91. The number of hydrogen-bond donors (Lipinski definition) is 1. The topological polar surface area (TPSA) is 20.2 Å². The predicted octanol–water partition coefficient (Wildman–Crippen LogP) is 6.42. The van der Waals surface area contributed by atoms with E-state index in [4.69, 9.17) is 0 Å². The van der Waals surface area contributed by atoms with E-state index in [9.17, 15) is 9.50 Å². The summed E-state index contributed by atoms with van der Waals surface area (Å²) in [7, 11) is 0. The summed E-state index contributed by atoms with van der Waals surface area (Å²) < 4.78 is 14.0. The van der Waals surface area contributed by atoms with Gasteiger partial charge in [-0.05, 0) is 72.9 Å². The van der Waals surface area contributed by atoms with Crippen molar-refractivity contribution in [3.63, 3.8) is 0 Å². The molecular formula is C24H29FO. The van der Waals surface area contributed by atoms with Crippen LogP contribution in [0, 0.1) is 31.5 Å². The van der Waals surface area contributed by atoms with Crippen molar-refractivity contribution in [2.45, 2.75) is 64.2 Å². The van der Waals surface area contributed by atoms with Crippen LogP contribution in [0.2, 0.25) is 0 Å². The molecule has 4 rings (SSSR count). The van der Waals surface area contributed by atoms with Gasteiger partial charge in [0.15, 0.2) is 0 Å². The summed E-state index contributed by atoms with van der Waals surface area (Å²) in [5, 5.41) is 10.0. The molecule has 0 aromatic heterocycles. The van der Waals surface area contributed by atoms with Gasteiger partial charge >= 0.3 is 0 Å². The summed E-state index contributed by atoms with van der Waals surface area (Å²) in [5.41, 5.74) is 4.17. The van der Waals surface area contributed by atoms with Gasteiger partial charge in [-0.25, -0.2) is 4.39 Å². The molecule has 2 fully saturated rings. The first-order valence-electron chi connectivity index (χ1n) is 10.1. The molecule has 2 aromatic carbocycles. The lowest BCUT2D eigenvalue weighted by atomic mass is 9.63. The van der Waals surface area contributed by atoms with E-state index in [1.165, 1.54) is 49.7 Å². The van der Waals surface area contributed by atoms with Gasteiger partial charge in [0.2, 0.25) is 0 Å². The van der Waals surface area contributed by atoms with Gasteiger partial charge in [-0.1, -0.05) is 56.4 Å². The second kappa shape index (κ2) is 6.72. The van der Waals surface area contributed by atoms with Crippen molar-refractivity contribution in [3.8, 4) is 5.75 Å². The highest BCUT2D eigenvalue weighted by Gasteiger charge is 2.49. The van der Waals surface area contributed by atoms with Crippen molar-refractivity contribution in [2.24, 2.45) is 11.8 Å².